The SMILES string of the molecule is Cc1cc([C@@H](C#N)C(=O)Nc2cccc(Cl)c2Cl)c(C)n1-c1ccc(C23CC4CC(CC(C4)C2)C3)cc1. The van der Waals surface area contributed by atoms with Gasteiger partial charge in [0.2, 0.25) is 5.91 Å². The van der Waals surface area contributed by atoms with Crippen LogP contribution in [0.2, 0.25) is 10.0 Å². The van der Waals surface area contributed by atoms with E-state index in [0.717, 1.165) is 34.8 Å². The Morgan fingerprint density at radius 2 is 1.65 bits per heavy atom. The predicted octanol–water partition coefficient (Wildman–Crippen LogP) is 8.11. The molecular weight excluding hydrogens is 501 g/mol. The second-order valence-corrected chi connectivity index (χ2v) is 12.3. The second kappa shape index (κ2) is 9.22. The number of anilines is 1. The maximum absolute atomic E-state index is 13.1. The molecule has 2 aromatic carbocycles. The molecule has 4 aliphatic rings. The molecule has 4 nitrogen and oxygen atoms in total. The van der Waals surface area contributed by atoms with Gasteiger partial charge in [-0.1, -0.05) is 41.4 Å². The molecule has 6 heteroatoms. The van der Waals surface area contributed by atoms with Gasteiger partial charge in [-0.25, -0.2) is 0 Å². The Kier molecular flexibility index (Phi) is 6.13. The van der Waals surface area contributed by atoms with Crippen molar-refractivity contribution in [1.82, 2.24) is 4.57 Å². The first-order valence-electron chi connectivity index (χ1n) is 13.2. The lowest BCUT2D eigenvalue weighted by Crippen LogP contribution is -2.48. The van der Waals surface area contributed by atoms with Crippen LogP contribution in [-0.2, 0) is 10.2 Å². The molecule has 1 N–H and O–H groups in total. The smallest absolute Gasteiger partial charge is 0.246 e. The Morgan fingerprint density at radius 1 is 1.03 bits per heavy atom. The Balaban J connectivity index is 1.27. The van der Waals surface area contributed by atoms with Crippen molar-refractivity contribution in [3.8, 4) is 11.8 Å². The molecular formula is C31H31Cl2N3O. The monoisotopic (exact) mass is 531 g/mol. The molecule has 1 atom stereocenters. The minimum absolute atomic E-state index is 0.263. The molecule has 4 bridgehead atoms. The second-order valence-electron chi connectivity index (χ2n) is 11.6. The Labute approximate surface area is 228 Å². The first-order valence-corrected chi connectivity index (χ1v) is 14.0. The zero-order chi connectivity index (χ0) is 25.9. The molecule has 1 aromatic heterocycles. The summed E-state index contributed by atoms with van der Waals surface area (Å²) >= 11 is 12.3. The summed E-state index contributed by atoms with van der Waals surface area (Å²) in [6.07, 6.45) is 8.37. The molecule has 0 saturated heterocycles. The van der Waals surface area contributed by atoms with Crippen molar-refractivity contribution < 1.29 is 4.79 Å². The van der Waals surface area contributed by atoms with Crippen molar-refractivity contribution in [2.24, 2.45) is 17.8 Å². The molecule has 37 heavy (non-hydrogen) atoms. The van der Waals surface area contributed by atoms with E-state index < -0.39 is 11.8 Å². The van der Waals surface area contributed by atoms with Gasteiger partial charge in [-0.2, -0.15) is 5.26 Å². The average molecular weight is 533 g/mol. The van der Waals surface area contributed by atoms with E-state index in [-0.39, 0.29) is 5.02 Å². The molecule has 190 valence electrons. The molecule has 1 heterocycles. The van der Waals surface area contributed by atoms with Gasteiger partial charge in [0.05, 0.1) is 21.8 Å². The Hall–Kier alpha value is -2.74. The predicted molar refractivity (Wildman–Crippen MR) is 149 cm³/mol. The van der Waals surface area contributed by atoms with E-state index in [1.54, 1.807) is 18.2 Å². The van der Waals surface area contributed by atoms with E-state index >= 15 is 0 Å². The van der Waals surface area contributed by atoms with Gasteiger partial charge >= 0.3 is 0 Å². The number of amides is 1. The molecule has 4 fully saturated rings. The number of hydrogen-bond acceptors (Lipinski definition) is 2. The fourth-order valence-electron chi connectivity index (χ4n) is 7.98. The van der Waals surface area contributed by atoms with Crippen molar-refractivity contribution >= 4 is 34.8 Å². The van der Waals surface area contributed by atoms with Gasteiger partial charge in [-0.15, -0.1) is 0 Å². The summed E-state index contributed by atoms with van der Waals surface area (Å²) in [5.74, 6) is 1.35. The van der Waals surface area contributed by atoms with Gasteiger partial charge in [-0.3, -0.25) is 4.79 Å². The highest BCUT2D eigenvalue weighted by Crippen LogP contribution is 2.60. The number of nitrogens with one attached hydrogen (secondary N) is 1. The van der Waals surface area contributed by atoms with Crippen molar-refractivity contribution in [3.63, 3.8) is 0 Å². The van der Waals surface area contributed by atoms with E-state index in [1.807, 2.05) is 19.9 Å². The van der Waals surface area contributed by atoms with Crippen LogP contribution in [0.15, 0.2) is 48.5 Å². The first kappa shape index (κ1) is 24.6. The zero-order valence-corrected chi connectivity index (χ0v) is 22.7. The topological polar surface area (TPSA) is 57.8 Å². The largest absolute Gasteiger partial charge is 0.323 e. The van der Waals surface area contributed by atoms with Crippen molar-refractivity contribution in [3.05, 3.63) is 81.1 Å². The number of nitriles is 1. The molecule has 3 aromatic rings. The highest BCUT2D eigenvalue weighted by atomic mass is 35.5. The molecule has 4 saturated carbocycles. The van der Waals surface area contributed by atoms with Crippen LogP contribution in [0, 0.1) is 42.9 Å². The fraction of sp³-hybridized carbons (Fsp3) is 0.419. The lowest BCUT2D eigenvalue weighted by Gasteiger charge is -2.57. The molecule has 0 unspecified atom stereocenters. The van der Waals surface area contributed by atoms with E-state index in [9.17, 15) is 10.1 Å². The third-order valence-corrected chi connectivity index (χ3v) is 9.98. The number of hydrogen-bond donors (Lipinski definition) is 1. The number of nitrogens with zero attached hydrogens (tertiary/aromatic N) is 2. The number of aromatic nitrogens is 1. The maximum Gasteiger partial charge on any atom is 0.246 e. The van der Waals surface area contributed by atoms with Crippen LogP contribution in [0.5, 0.6) is 0 Å². The van der Waals surface area contributed by atoms with Crippen LogP contribution in [-0.4, -0.2) is 10.5 Å². The van der Waals surface area contributed by atoms with Crippen LogP contribution in [0.25, 0.3) is 5.69 Å². The average Bonchev–Trinajstić information content (AvgIpc) is 3.15. The molecule has 7 rings (SSSR count). The molecule has 4 aliphatic carbocycles. The highest BCUT2D eigenvalue weighted by Gasteiger charge is 2.51. The van der Waals surface area contributed by atoms with E-state index in [4.69, 9.17) is 23.2 Å². The van der Waals surface area contributed by atoms with Crippen molar-refractivity contribution in [2.45, 2.75) is 63.7 Å². The van der Waals surface area contributed by atoms with Crippen LogP contribution in [0.3, 0.4) is 0 Å². The normalized spacial score (nSPS) is 26.6. The number of aryl methyl sites for hydroxylation is 1. The van der Waals surface area contributed by atoms with Crippen molar-refractivity contribution in [2.75, 3.05) is 5.32 Å². The van der Waals surface area contributed by atoms with Gasteiger partial charge in [0, 0.05) is 17.1 Å². The fourth-order valence-corrected chi connectivity index (χ4v) is 8.33. The molecule has 1 amide bonds. The number of carbonyl (C=O) groups is 1. The maximum atomic E-state index is 13.1. The number of benzene rings is 2. The summed E-state index contributed by atoms with van der Waals surface area (Å²) in [4.78, 5) is 13.1. The van der Waals surface area contributed by atoms with E-state index in [2.05, 4.69) is 40.2 Å². The van der Waals surface area contributed by atoms with Gasteiger partial charge in [0.25, 0.3) is 0 Å². The van der Waals surface area contributed by atoms with Crippen LogP contribution >= 0.6 is 23.2 Å². The summed E-state index contributed by atoms with van der Waals surface area (Å²) in [6.45, 7) is 3.99. The van der Waals surface area contributed by atoms with Crippen LogP contribution in [0.1, 0.15) is 67.0 Å². The standard InChI is InChI=1S/C31H31Cl2N3O/c1-18-10-25(26(17-34)30(37)35-28-5-3-4-27(32)29(28)33)19(2)36(18)24-8-6-23(7-9-24)31-14-20-11-21(15-31)13-22(12-20)16-31/h3-10,20-22,26H,11-16H2,1-2H3,(H,35,37)/t20?,21?,22?,26-,31?/m1/s1. The third-order valence-electron chi connectivity index (χ3n) is 9.16. The van der Waals surface area contributed by atoms with Crippen molar-refractivity contribution in [1.29, 1.82) is 5.26 Å². The minimum atomic E-state index is -0.971. The van der Waals surface area contributed by atoms with Gasteiger partial charge in [0.15, 0.2) is 5.92 Å². The van der Waals surface area contributed by atoms with Gasteiger partial charge in [-0.05, 0) is 117 Å². The van der Waals surface area contributed by atoms with E-state index in [1.165, 1.54) is 44.1 Å². The Morgan fingerprint density at radius 3 is 2.24 bits per heavy atom. The summed E-state index contributed by atoms with van der Waals surface area (Å²) in [7, 11) is 0. The highest BCUT2D eigenvalue weighted by molar-refractivity contribution is 6.44. The van der Waals surface area contributed by atoms with Crippen LogP contribution in [0.4, 0.5) is 5.69 Å². The Bertz CT molecular complexity index is 1380. The van der Waals surface area contributed by atoms with Gasteiger partial charge in [0.1, 0.15) is 0 Å². The third kappa shape index (κ3) is 4.17. The molecule has 0 radical (unpaired) electrons. The summed E-state index contributed by atoms with van der Waals surface area (Å²) in [5.41, 5.74) is 5.89. The number of rotatable bonds is 5. The molecule has 0 spiro atoms. The number of halogens is 2. The summed E-state index contributed by atoms with van der Waals surface area (Å²) in [6, 6.07) is 18.3. The number of carbonyl (C=O) groups excluding carboxylic acids is 1. The molecule has 0 aliphatic heterocycles. The minimum Gasteiger partial charge on any atom is -0.323 e. The first-order chi connectivity index (χ1) is 17.8. The quantitative estimate of drug-likeness (QED) is 0.361. The summed E-state index contributed by atoms with van der Waals surface area (Å²) in [5, 5.41) is 13.3. The summed E-state index contributed by atoms with van der Waals surface area (Å²) < 4.78 is 2.14. The zero-order valence-electron chi connectivity index (χ0n) is 21.2. The van der Waals surface area contributed by atoms with E-state index in [0.29, 0.717) is 21.7 Å². The van der Waals surface area contributed by atoms with Gasteiger partial charge < -0.3 is 9.88 Å². The lowest BCUT2D eigenvalue weighted by molar-refractivity contribution is -0.116. The lowest BCUT2D eigenvalue weighted by atomic mass is 9.48. The van der Waals surface area contributed by atoms with Crippen LogP contribution < -0.4 is 5.32 Å².